The molecular weight excluding hydrogens is 701 g/mol. The number of carbonyl (C=O) groups is 2. The summed E-state index contributed by atoms with van der Waals surface area (Å²) < 4.78 is 35.8. The molecule has 0 saturated heterocycles. The fraction of sp³-hybridized carbons (Fsp3) is 0.0882. The van der Waals surface area contributed by atoms with Gasteiger partial charge < -0.3 is 9.32 Å². The Balaban J connectivity index is 1.32. The van der Waals surface area contributed by atoms with Crippen LogP contribution in [0.1, 0.15) is 32.8 Å². The van der Waals surface area contributed by atoms with Gasteiger partial charge in [-0.25, -0.2) is 8.78 Å². The molecule has 2 aromatic heterocycles. The average molecular weight is 720 g/mol. The zero-order valence-electron chi connectivity index (χ0n) is 24.2. The van der Waals surface area contributed by atoms with E-state index < -0.39 is 34.4 Å². The zero-order valence-corrected chi connectivity index (χ0v) is 27.4. The van der Waals surface area contributed by atoms with E-state index in [1.165, 1.54) is 34.9 Å². The Kier molecular flexibility index (Phi) is 7.37. The van der Waals surface area contributed by atoms with Crippen molar-refractivity contribution in [1.29, 1.82) is 0 Å². The number of hydrogen-bond acceptors (Lipinski definition) is 8. The highest BCUT2D eigenvalue weighted by molar-refractivity contribution is 8.00. The minimum absolute atomic E-state index is 0.0154. The quantitative estimate of drug-likeness (QED) is 0.127. The Hall–Kier alpha value is -4.62. The number of benzene rings is 4. The molecule has 14 heteroatoms. The van der Waals surface area contributed by atoms with Crippen molar-refractivity contribution in [3.05, 3.63) is 145 Å². The monoisotopic (exact) mass is 718 g/mol. The molecule has 48 heavy (non-hydrogen) atoms. The standard InChI is InChI=1S/C34H18Cl2F2N4O4S2/c35-19-10-9-18(23(36)13-19)16-47-33-40-39-32(48-33)42-30(44)29-27(28(43)21-14-20(37)11-12-26(21)46-29)34(42)22-6-2-4-8-25(22)41(31(34)45)15-17-5-1-3-7-24(17)38/h1-14H,15-16H2. The first-order chi connectivity index (χ1) is 23.2. The van der Waals surface area contributed by atoms with E-state index >= 15 is 4.79 Å². The highest BCUT2D eigenvalue weighted by atomic mass is 35.5. The molecule has 0 bridgehead atoms. The summed E-state index contributed by atoms with van der Waals surface area (Å²) in [4.78, 5) is 46.3. The molecule has 8 rings (SSSR count). The van der Waals surface area contributed by atoms with Crippen LogP contribution in [-0.2, 0) is 22.6 Å². The number of hydrogen-bond donors (Lipinski definition) is 0. The molecule has 1 atom stereocenters. The molecule has 2 aliphatic rings. The van der Waals surface area contributed by atoms with Gasteiger partial charge in [0, 0.05) is 26.9 Å². The van der Waals surface area contributed by atoms with Gasteiger partial charge in [-0.2, -0.15) is 0 Å². The predicted molar refractivity (Wildman–Crippen MR) is 180 cm³/mol. The zero-order chi connectivity index (χ0) is 33.3. The minimum atomic E-state index is -2.11. The van der Waals surface area contributed by atoms with Gasteiger partial charge in [0.2, 0.25) is 10.9 Å². The van der Waals surface area contributed by atoms with Crippen LogP contribution in [0.5, 0.6) is 0 Å². The molecule has 2 amide bonds. The van der Waals surface area contributed by atoms with Crippen molar-refractivity contribution in [3.8, 4) is 0 Å². The van der Waals surface area contributed by atoms with Crippen LogP contribution in [0.3, 0.4) is 0 Å². The minimum Gasteiger partial charge on any atom is -0.450 e. The van der Waals surface area contributed by atoms with Crippen molar-refractivity contribution < 1.29 is 22.8 Å². The second-order valence-corrected chi connectivity index (χ2v) is 14.0. The summed E-state index contributed by atoms with van der Waals surface area (Å²) in [5.41, 5.74) is -1.54. The summed E-state index contributed by atoms with van der Waals surface area (Å²) in [5, 5.41) is 9.42. The summed E-state index contributed by atoms with van der Waals surface area (Å²) in [6.45, 7) is -0.200. The van der Waals surface area contributed by atoms with E-state index in [-0.39, 0.29) is 45.1 Å². The Labute approximate surface area is 288 Å². The van der Waals surface area contributed by atoms with Gasteiger partial charge in [0.1, 0.15) is 17.2 Å². The first-order valence-electron chi connectivity index (χ1n) is 14.3. The molecule has 0 fully saturated rings. The molecule has 238 valence electrons. The van der Waals surface area contributed by atoms with Crippen molar-refractivity contribution in [1.82, 2.24) is 10.2 Å². The first kappa shape index (κ1) is 30.7. The lowest BCUT2D eigenvalue weighted by atomic mass is 9.84. The molecular formula is C34H18Cl2F2N4O4S2. The molecule has 6 aromatic rings. The number of nitrogens with zero attached hydrogens (tertiary/aromatic N) is 4. The molecule has 4 aromatic carbocycles. The lowest BCUT2D eigenvalue weighted by molar-refractivity contribution is -0.121. The number of rotatable bonds is 6. The van der Waals surface area contributed by atoms with Crippen molar-refractivity contribution in [2.24, 2.45) is 0 Å². The Morgan fingerprint density at radius 2 is 1.69 bits per heavy atom. The van der Waals surface area contributed by atoms with Gasteiger partial charge in [-0.05, 0) is 48.0 Å². The number of fused-ring (bicyclic) bond motifs is 5. The van der Waals surface area contributed by atoms with E-state index in [1.807, 2.05) is 0 Å². The summed E-state index contributed by atoms with van der Waals surface area (Å²) >= 11 is 14.7. The third-order valence-electron chi connectivity index (χ3n) is 8.33. The second-order valence-electron chi connectivity index (χ2n) is 11.0. The van der Waals surface area contributed by atoms with Crippen molar-refractivity contribution in [2.45, 2.75) is 22.2 Å². The van der Waals surface area contributed by atoms with Crippen LogP contribution in [0.2, 0.25) is 10.0 Å². The van der Waals surface area contributed by atoms with Gasteiger partial charge in [-0.15, -0.1) is 10.2 Å². The van der Waals surface area contributed by atoms with Crippen LogP contribution in [0.25, 0.3) is 11.0 Å². The van der Waals surface area contributed by atoms with Crippen LogP contribution in [0.4, 0.5) is 19.6 Å². The first-order valence-corrected chi connectivity index (χ1v) is 16.9. The molecule has 0 saturated carbocycles. The predicted octanol–water partition coefficient (Wildman–Crippen LogP) is 7.97. The number of aromatic nitrogens is 2. The molecule has 4 heterocycles. The van der Waals surface area contributed by atoms with E-state index in [4.69, 9.17) is 27.6 Å². The summed E-state index contributed by atoms with van der Waals surface area (Å²) in [7, 11) is 0. The van der Waals surface area contributed by atoms with E-state index in [1.54, 1.807) is 54.6 Å². The van der Waals surface area contributed by atoms with Crippen LogP contribution in [-0.4, -0.2) is 22.0 Å². The molecule has 1 unspecified atom stereocenters. The topological polar surface area (TPSA) is 96.6 Å². The third-order valence-corrected chi connectivity index (χ3v) is 11.0. The van der Waals surface area contributed by atoms with Gasteiger partial charge in [-0.1, -0.05) is 88.8 Å². The number of para-hydroxylation sites is 1. The molecule has 0 aliphatic carbocycles. The van der Waals surface area contributed by atoms with Gasteiger partial charge in [0.15, 0.2) is 15.3 Å². The lowest BCUT2D eigenvalue weighted by Gasteiger charge is -2.32. The highest BCUT2D eigenvalue weighted by Crippen LogP contribution is 2.55. The molecule has 8 nitrogen and oxygen atoms in total. The highest BCUT2D eigenvalue weighted by Gasteiger charge is 2.66. The number of thioether (sulfide) groups is 1. The number of carbonyl (C=O) groups excluding carboxylic acids is 2. The van der Waals surface area contributed by atoms with E-state index in [0.717, 1.165) is 33.9 Å². The van der Waals surface area contributed by atoms with Gasteiger partial charge in [0.05, 0.1) is 23.2 Å². The molecule has 0 N–H and O–H groups in total. The summed E-state index contributed by atoms with van der Waals surface area (Å²) in [6.07, 6.45) is 0. The van der Waals surface area contributed by atoms with Crippen molar-refractivity contribution in [3.63, 3.8) is 0 Å². The summed E-state index contributed by atoms with van der Waals surface area (Å²) in [6, 6.07) is 21.2. The maximum absolute atomic E-state index is 15.0. The Morgan fingerprint density at radius 3 is 2.50 bits per heavy atom. The number of halogens is 4. The van der Waals surface area contributed by atoms with Gasteiger partial charge >= 0.3 is 0 Å². The maximum Gasteiger partial charge on any atom is 0.297 e. The Morgan fingerprint density at radius 1 is 0.896 bits per heavy atom. The van der Waals surface area contributed by atoms with E-state index in [2.05, 4.69) is 10.2 Å². The molecule has 1 spiro atoms. The number of anilines is 2. The average Bonchev–Trinajstić information content (AvgIpc) is 3.71. The lowest BCUT2D eigenvalue weighted by Crippen LogP contribution is -2.53. The fourth-order valence-electron chi connectivity index (χ4n) is 6.22. The van der Waals surface area contributed by atoms with Crippen LogP contribution >= 0.6 is 46.3 Å². The van der Waals surface area contributed by atoms with E-state index in [0.29, 0.717) is 25.8 Å². The fourth-order valence-corrected chi connectivity index (χ4v) is 8.67. The smallest absolute Gasteiger partial charge is 0.297 e. The summed E-state index contributed by atoms with van der Waals surface area (Å²) in [5.74, 6) is -2.73. The molecule has 0 radical (unpaired) electrons. The van der Waals surface area contributed by atoms with Crippen LogP contribution in [0, 0.1) is 11.6 Å². The van der Waals surface area contributed by atoms with Gasteiger partial charge in [-0.3, -0.25) is 19.3 Å². The largest absolute Gasteiger partial charge is 0.450 e. The van der Waals surface area contributed by atoms with E-state index in [9.17, 15) is 18.4 Å². The van der Waals surface area contributed by atoms with Crippen molar-refractivity contribution >= 4 is 79.9 Å². The van der Waals surface area contributed by atoms with Crippen LogP contribution in [0.15, 0.2) is 98.5 Å². The second kappa shape index (κ2) is 11.5. The van der Waals surface area contributed by atoms with Crippen molar-refractivity contribution in [2.75, 3.05) is 9.80 Å². The maximum atomic E-state index is 15.0. The SMILES string of the molecule is O=C1c2oc3ccc(F)cc3c(=O)c2C2(C(=O)N(Cc3ccccc3F)c3ccccc32)N1c1nnc(SCc2ccc(Cl)cc2Cl)s1. The van der Waals surface area contributed by atoms with Crippen LogP contribution < -0.4 is 15.2 Å². The molecule has 2 aliphatic heterocycles. The third kappa shape index (κ3) is 4.58. The normalized spacial score (nSPS) is 16.8. The van der Waals surface area contributed by atoms with Gasteiger partial charge in [0.25, 0.3) is 11.8 Å². The Bertz CT molecular complexity index is 2400. The number of amides is 2.